The van der Waals surface area contributed by atoms with Crippen LogP contribution in [-0.4, -0.2) is 87.3 Å². The molecule has 0 fully saturated rings. The lowest BCUT2D eigenvalue weighted by molar-refractivity contribution is -0.143. The number of thioether (sulfide) groups is 1. The first-order valence-electron chi connectivity index (χ1n) is 11.3. The van der Waals surface area contributed by atoms with Gasteiger partial charge < -0.3 is 37.0 Å². The number of nitrogens with two attached hydrogens (primary N) is 1. The Bertz CT molecular complexity index is 899. The first kappa shape index (κ1) is 30.9. The van der Waals surface area contributed by atoms with Crippen molar-refractivity contribution in [2.75, 3.05) is 12.0 Å². The van der Waals surface area contributed by atoms with E-state index in [9.17, 15) is 34.2 Å². The summed E-state index contributed by atoms with van der Waals surface area (Å²) in [4.78, 5) is 60.7. The van der Waals surface area contributed by atoms with Crippen LogP contribution in [0.2, 0.25) is 0 Å². The zero-order chi connectivity index (χ0) is 27.3. The van der Waals surface area contributed by atoms with Gasteiger partial charge in [0.05, 0.1) is 12.1 Å². The molecule has 36 heavy (non-hydrogen) atoms. The van der Waals surface area contributed by atoms with Gasteiger partial charge in [-0.25, -0.2) is 4.79 Å². The molecule has 1 rings (SSSR count). The number of hydrogen-bond donors (Lipinski definition) is 7. The van der Waals surface area contributed by atoms with E-state index < -0.39 is 66.4 Å². The molecule has 200 valence electrons. The topological polar surface area (TPSA) is 208 Å². The van der Waals surface area contributed by atoms with Gasteiger partial charge in [0.1, 0.15) is 18.1 Å². The lowest BCUT2D eigenvalue weighted by Crippen LogP contribution is -2.60. The highest BCUT2D eigenvalue weighted by Crippen LogP contribution is 2.06. The Morgan fingerprint density at radius 2 is 1.53 bits per heavy atom. The maximum absolute atomic E-state index is 12.9. The van der Waals surface area contributed by atoms with Gasteiger partial charge in [0, 0.05) is 6.42 Å². The fraction of sp³-hybridized carbons (Fsp3) is 0.522. The Hall–Kier alpha value is -3.16. The number of carboxylic acid groups (broad SMARTS) is 2. The number of aliphatic hydroxyl groups is 1. The van der Waals surface area contributed by atoms with Crippen LogP contribution in [0.15, 0.2) is 30.3 Å². The van der Waals surface area contributed by atoms with Crippen molar-refractivity contribution in [3.05, 3.63) is 35.9 Å². The monoisotopic (exact) mass is 526 g/mol. The van der Waals surface area contributed by atoms with E-state index in [1.165, 1.54) is 18.7 Å². The smallest absolute Gasteiger partial charge is 0.326 e. The van der Waals surface area contributed by atoms with E-state index in [0.717, 1.165) is 5.56 Å². The van der Waals surface area contributed by atoms with Crippen molar-refractivity contribution in [2.24, 2.45) is 5.73 Å². The summed E-state index contributed by atoms with van der Waals surface area (Å²) in [5.41, 5.74) is 6.73. The van der Waals surface area contributed by atoms with Crippen molar-refractivity contribution in [2.45, 2.75) is 62.9 Å². The van der Waals surface area contributed by atoms with Crippen LogP contribution in [0.4, 0.5) is 0 Å². The molecule has 0 spiro atoms. The number of rotatable bonds is 16. The number of carbonyl (C=O) groups excluding carboxylic acids is 3. The summed E-state index contributed by atoms with van der Waals surface area (Å²) in [5.74, 6) is -4.62. The van der Waals surface area contributed by atoms with Crippen molar-refractivity contribution in [1.29, 1.82) is 0 Å². The fourth-order valence-corrected chi connectivity index (χ4v) is 3.66. The van der Waals surface area contributed by atoms with Gasteiger partial charge in [-0.3, -0.25) is 19.2 Å². The molecule has 5 atom stereocenters. The average Bonchev–Trinajstić information content (AvgIpc) is 2.82. The Morgan fingerprint density at radius 3 is 2.06 bits per heavy atom. The van der Waals surface area contributed by atoms with Gasteiger partial charge in [-0.15, -0.1) is 0 Å². The second kappa shape index (κ2) is 15.8. The predicted octanol–water partition coefficient (Wildman–Crippen LogP) is -0.906. The van der Waals surface area contributed by atoms with Crippen LogP contribution in [0.3, 0.4) is 0 Å². The molecule has 0 aromatic heterocycles. The normalized spacial score (nSPS) is 15.0. The minimum atomic E-state index is -1.49. The van der Waals surface area contributed by atoms with E-state index in [1.807, 2.05) is 0 Å². The van der Waals surface area contributed by atoms with Gasteiger partial charge in [0.15, 0.2) is 0 Å². The molecule has 1 aromatic carbocycles. The number of aliphatic carboxylic acids is 2. The zero-order valence-corrected chi connectivity index (χ0v) is 21.0. The van der Waals surface area contributed by atoms with Gasteiger partial charge in [0.25, 0.3) is 0 Å². The highest BCUT2D eigenvalue weighted by Gasteiger charge is 2.32. The lowest BCUT2D eigenvalue weighted by atomic mass is 10.0. The summed E-state index contributed by atoms with van der Waals surface area (Å²) in [5, 5.41) is 35.4. The van der Waals surface area contributed by atoms with Gasteiger partial charge in [0.2, 0.25) is 17.7 Å². The third-order valence-electron chi connectivity index (χ3n) is 5.20. The van der Waals surface area contributed by atoms with Crippen LogP contribution in [0.5, 0.6) is 0 Å². The maximum atomic E-state index is 12.9. The summed E-state index contributed by atoms with van der Waals surface area (Å²) in [6.45, 7) is 1.25. The van der Waals surface area contributed by atoms with Crippen LogP contribution in [0.1, 0.15) is 31.7 Å². The van der Waals surface area contributed by atoms with Crippen LogP contribution in [0, 0.1) is 0 Å². The van der Waals surface area contributed by atoms with Crippen molar-refractivity contribution >= 4 is 41.4 Å². The molecule has 8 N–H and O–H groups in total. The molecule has 0 aliphatic rings. The van der Waals surface area contributed by atoms with Gasteiger partial charge in [-0.05, 0) is 43.8 Å². The summed E-state index contributed by atoms with van der Waals surface area (Å²) < 4.78 is 0. The van der Waals surface area contributed by atoms with E-state index in [2.05, 4.69) is 16.0 Å². The maximum Gasteiger partial charge on any atom is 0.326 e. The summed E-state index contributed by atoms with van der Waals surface area (Å²) >= 11 is 1.38. The molecule has 0 saturated carbocycles. The standard InChI is InChI=1S/C23H34N4O8S/c1-13(28)19(27-20(31)15(24)12-14-6-4-3-5-7-14)22(33)25-16(8-9-18(29)30)21(32)26-17(23(34)35)10-11-36-2/h3-7,13,15-17,19,28H,8-12,24H2,1-2H3,(H,25,33)(H,26,32)(H,27,31)(H,29,30)(H,34,35). The average molecular weight is 527 g/mol. The molecule has 0 aliphatic heterocycles. The Balaban J connectivity index is 2.93. The molecule has 1 aromatic rings. The number of carboxylic acids is 2. The van der Waals surface area contributed by atoms with E-state index in [4.69, 9.17) is 10.8 Å². The van der Waals surface area contributed by atoms with E-state index in [0.29, 0.717) is 5.75 Å². The summed E-state index contributed by atoms with van der Waals surface area (Å²) in [7, 11) is 0. The molecular formula is C23H34N4O8S. The van der Waals surface area contributed by atoms with E-state index in [1.54, 1.807) is 36.6 Å². The minimum Gasteiger partial charge on any atom is -0.481 e. The number of hydrogen-bond acceptors (Lipinski definition) is 8. The van der Waals surface area contributed by atoms with Crippen LogP contribution in [0.25, 0.3) is 0 Å². The number of amides is 3. The molecule has 3 amide bonds. The highest BCUT2D eigenvalue weighted by atomic mass is 32.2. The quantitative estimate of drug-likeness (QED) is 0.141. The molecule has 0 aliphatic carbocycles. The summed E-state index contributed by atoms with van der Waals surface area (Å²) in [6, 6.07) is 3.75. The number of nitrogens with one attached hydrogen (secondary N) is 3. The van der Waals surface area contributed by atoms with Crippen molar-refractivity contribution < 1.29 is 39.3 Å². The van der Waals surface area contributed by atoms with Crippen LogP contribution < -0.4 is 21.7 Å². The zero-order valence-electron chi connectivity index (χ0n) is 20.2. The van der Waals surface area contributed by atoms with Gasteiger partial charge >= 0.3 is 11.9 Å². The molecule has 5 unspecified atom stereocenters. The molecule has 13 heteroatoms. The Kier molecular flexibility index (Phi) is 13.5. The second-order valence-electron chi connectivity index (χ2n) is 8.20. The van der Waals surface area contributed by atoms with Crippen molar-refractivity contribution in [1.82, 2.24) is 16.0 Å². The molecule has 0 bridgehead atoms. The highest BCUT2D eigenvalue weighted by molar-refractivity contribution is 7.98. The van der Waals surface area contributed by atoms with Crippen LogP contribution >= 0.6 is 11.8 Å². The van der Waals surface area contributed by atoms with Gasteiger partial charge in [-0.1, -0.05) is 30.3 Å². The lowest BCUT2D eigenvalue weighted by Gasteiger charge is -2.26. The van der Waals surface area contributed by atoms with Crippen LogP contribution in [-0.2, 0) is 30.4 Å². The van der Waals surface area contributed by atoms with E-state index >= 15 is 0 Å². The SMILES string of the molecule is CSCCC(NC(=O)C(CCC(=O)O)NC(=O)C(NC(=O)C(N)Cc1ccccc1)C(C)O)C(=O)O. The molecular weight excluding hydrogens is 492 g/mol. The number of aliphatic hydroxyl groups excluding tert-OH is 1. The van der Waals surface area contributed by atoms with E-state index in [-0.39, 0.29) is 19.3 Å². The van der Waals surface area contributed by atoms with Gasteiger partial charge in [-0.2, -0.15) is 11.8 Å². The minimum absolute atomic E-state index is 0.119. The third-order valence-corrected chi connectivity index (χ3v) is 5.85. The molecule has 0 heterocycles. The molecule has 0 radical (unpaired) electrons. The first-order valence-corrected chi connectivity index (χ1v) is 12.7. The second-order valence-corrected chi connectivity index (χ2v) is 9.18. The largest absolute Gasteiger partial charge is 0.481 e. The molecule has 12 nitrogen and oxygen atoms in total. The number of carbonyl (C=O) groups is 5. The first-order chi connectivity index (χ1) is 17.0. The van der Waals surface area contributed by atoms with Crippen molar-refractivity contribution in [3.63, 3.8) is 0 Å². The fourth-order valence-electron chi connectivity index (χ4n) is 3.19. The predicted molar refractivity (Wildman–Crippen MR) is 133 cm³/mol. The molecule has 0 saturated heterocycles. The summed E-state index contributed by atoms with van der Waals surface area (Å²) in [6.07, 6.45) is -0.142. The third kappa shape index (κ3) is 11.1. The van der Waals surface area contributed by atoms with Crippen molar-refractivity contribution in [3.8, 4) is 0 Å². The Morgan fingerprint density at radius 1 is 0.917 bits per heavy atom. The number of benzene rings is 1. The Labute approximate surface area is 213 Å².